The Balaban J connectivity index is 2.98. The van der Waals surface area contributed by atoms with Crippen molar-refractivity contribution >= 4 is 27.2 Å². The largest absolute Gasteiger partial charge is 0.392 e. The van der Waals surface area contributed by atoms with Gasteiger partial charge in [0.1, 0.15) is 4.90 Å². The van der Waals surface area contributed by atoms with Gasteiger partial charge in [0.05, 0.1) is 17.7 Å². The third-order valence-electron chi connectivity index (χ3n) is 1.80. The van der Waals surface area contributed by atoms with Crippen LogP contribution in [0.2, 0.25) is 0 Å². The summed E-state index contributed by atoms with van der Waals surface area (Å²) in [6.07, 6.45) is 2.56. The number of thiocarbonyl (C=S) groups is 1. The van der Waals surface area contributed by atoms with Crippen LogP contribution in [0.15, 0.2) is 17.3 Å². The molecule has 0 atom stereocenters. The molecule has 8 heteroatoms. The van der Waals surface area contributed by atoms with Crippen LogP contribution >= 0.6 is 12.2 Å². The molecule has 0 bridgehead atoms. The summed E-state index contributed by atoms with van der Waals surface area (Å²) in [6.45, 7) is 2.07. The number of hydrogen-bond acceptors (Lipinski definition) is 4. The molecule has 0 aromatic carbocycles. The minimum atomic E-state index is -3.53. The molecule has 0 spiro atoms. The van der Waals surface area contributed by atoms with Gasteiger partial charge >= 0.3 is 0 Å². The van der Waals surface area contributed by atoms with E-state index in [1.165, 1.54) is 16.7 Å². The van der Waals surface area contributed by atoms with E-state index >= 15 is 0 Å². The molecular weight excluding hydrogens is 236 g/mol. The molecule has 0 amide bonds. The first-order valence-corrected chi connectivity index (χ1v) is 6.10. The van der Waals surface area contributed by atoms with Gasteiger partial charge < -0.3 is 5.73 Å². The Labute approximate surface area is 93.5 Å². The number of aromatic amines is 1. The maximum Gasteiger partial charge on any atom is 0.246 e. The van der Waals surface area contributed by atoms with E-state index in [1.54, 1.807) is 6.92 Å². The molecule has 0 aliphatic rings. The second-order valence-corrected chi connectivity index (χ2v) is 5.29. The quantitative estimate of drug-likeness (QED) is 0.698. The number of hydrogen-bond donors (Lipinski definition) is 2. The van der Waals surface area contributed by atoms with Crippen LogP contribution in [0.1, 0.15) is 6.92 Å². The van der Waals surface area contributed by atoms with Crippen LogP contribution in [0.3, 0.4) is 0 Å². The van der Waals surface area contributed by atoms with Crippen LogP contribution in [0.25, 0.3) is 0 Å². The van der Waals surface area contributed by atoms with E-state index in [-0.39, 0.29) is 16.4 Å². The average molecular weight is 248 g/mol. The molecule has 0 radical (unpaired) electrons. The highest BCUT2D eigenvalue weighted by Crippen LogP contribution is 2.12. The van der Waals surface area contributed by atoms with Crippen molar-refractivity contribution in [1.29, 1.82) is 0 Å². The van der Waals surface area contributed by atoms with E-state index in [1.807, 2.05) is 0 Å². The lowest BCUT2D eigenvalue weighted by Gasteiger charge is -2.18. The van der Waals surface area contributed by atoms with Crippen molar-refractivity contribution in [3.05, 3.63) is 12.4 Å². The van der Waals surface area contributed by atoms with Gasteiger partial charge in [0.2, 0.25) is 10.0 Å². The normalized spacial score (nSPS) is 11.9. The number of likely N-dealkylation sites (N-methyl/N-ethyl adjacent to an activating group) is 1. The highest BCUT2D eigenvalue weighted by Gasteiger charge is 2.24. The van der Waals surface area contributed by atoms with Crippen molar-refractivity contribution in [2.75, 3.05) is 13.1 Å². The number of nitrogens with one attached hydrogen (secondary N) is 1. The molecule has 0 aliphatic heterocycles. The molecule has 6 nitrogen and oxygen atoms in total. The summed E-state index contributed by atoms with van der Waals surface area (Å²) in [5.74, 6) is 0. The van der Waals surface area contributed by atoms with Crippen LogP contribution in [-0.4, -0.2) is 41.0 Å². The second kappa shape index (κ2) is 4.69. The van der Waals surface area contributed by atoms with Crippen molar-refractivity contribution in [3.63, 3.8) is 0 Å². The third kappa shape index (κ3) is 2.74. The van der Waals surface area contributed by atoms with Gasteiger partial charge in [-0.1, -0.05) is 19.1 Å². The van der Waals surface area contributed by atoms with E-state index in [4.69, 9.17) is 5.73 Å². The molecule has 1 aromatic heterocycles. The Bertz CT molecular complexity index is 426. The molecule has 0 saturated carbocycles. The smallest absolute Gasteiger partial charge is 0.246 e. The first-order valence-electron chi connectivity index (χ1n) is 4.25. The van der Waals surface area contributed by atoms with Gasteiger partial charge in [-0.15, -0.1) is 0 Å². The predicted molar refractivity (Wildman–Crippen MR) is 59.8 cm³/mol. The van der Waals surface area contributed by atoms with Gasteiger partial charge in [-0.3, -0.25) is 5.10 Å². The molecule has 0 unspecified atom stereocenters. The zero-order valence-electron chi connectivity index (χ0n) is 8.17. The Hall–Kier alpha value is -0.990. The summed E-state index contributed by atoms with van der Waals surface area (Å²) in [4.78, 5) is 0.254. The van der Waals surface area contributed by atoms with Gasteiger partial charge in [-0.2, -0.15) is 9.40 Å². The third-order valence-corrected chi connectivity index (χ3v) is 3.81. The molecule has 3 N–H and O–H groups in total. The number of nitrogens with two attached hydrogens (primary N) is 1. The summed E-state index contributed by atoms with van der Waals surface area (Å²) in [6, 6.07) is 0. The molecule has 0 aliphatic carbocycles. The molecule has 15 heavy (non-hydrogen) atoms. The molecule has 1 rings (SSSR count). The Morgan fingerprint density at radius 1 is 1.73 bits per heavy atom. The van der Waals surface area contributed by atoms with Crippen LogP contribution in [0, 0.1) is 0 Å². The van der Waals surface area contributed by atoms with Crippen molar-refractivity contribution in [1.82, 2.24) is 14.5 Å². The van der Waals surface area contributed by atoms with Crippen LogP contribution in [0.5, 0.6) is 0 Å². The zero-order chi connectivity index (χ0) is 11.5. The van der Waals surface area contributed by atoms with Crippen LogP contribution in [0.4, 0.5) is 0 Å². The number of H-pyrrole nitrogens is 1. The number of rotatable bonds is 5. The molecule has 0 fully saturated rings. The fraction of sp³-hybridized carbons (Fsp3) is 0.429. The highest BCUT2D eigenvalue weighted by atomic mass is 32.2. The van der Waals surface area contributed by atoms with Gasteiger partial charge in [0.25, 0.3) is 0 Å². The van der Waals surface area contributed by atoms with Gasteiger partial charge in [0.15, 0.2) is 0 Å². The summed E-state index contributed by atoms with van der Waals surface area (Å²) in [5, 5.41) is 6.04. The maximum atomic E-state index is 11.9. The van der Waals surface area contributed by atoms with Crippen molar-refractivity contribution in [2.24, 2.45) is 5.73 Å². The average Bonchev–Trinajstić information content (AvgIpc) is 2.66. The number of sulfonamides is 1. The lowest BCUT2D eigenvalue weighted by molar-refractivity contribution is 0.468. The predicted octanol–water partition coefficient (Wildman–Crippen LogP) is -0.294. The topological polar surface area (TPSA) is 92.1 Å². The number of aromatic nitrogens is 2. The van der Waals surface area contributed by atoms with Gasteiger partial charge in [-0.05, 0) is 0 Å². The van der Waals surface area contributed by atoms with Crippen LogP contribution < -0.4 is 5.73 Å². The molecule has 84 valence electrons. The first kappa shape index (κ1) is 12.1. The van der Waals surface area contributed by atoms with E-state index in [0.717, 1.165) is 0 Å². The first-order chi connectivity index (χ1) is 6.98. The lowest BCUT2D eigenvalue weighted by Crippen LogP contribution is -2.37. The second-order valence-electron chi connectivity index (χ2n) is 2.83. The van der Waals surface area contributed by atoms with Crippen molar-refractivity contribution < 1.29 is 8.42 Å². The van der Waals surface area contributed by atoms with E-state index in [0.29, 0.717) is 6.54 Å². The fourth-order valence-corrected chi connectivity index (χ4v) is 2.64. The van der Waals surface area contributed by atoms with Crippen molar-refractivity contribution in [3.8, 4) is 0 Å². The maximum absolute atomic E-state index is 11.9. The fourth-order valence-electron chi connectivity index (χ4n) is 1.07. The minimum Gasteiger partial charge on any atom is -0.392 e. The molecule has 0 saturated heterocycles. The Kier molecular flexibility index (Phi) is 3.77. The number of nitrogens with zero attached hydrogens (tertiary/aromatic N) is 2. The van der Waals surface area contributed by atoms with E-state index < -0.39 is 10.0 Å². The standard InChI is InChI=1S/C7H12N4O2S2/c1-2-11(5-7(8)14)15(12,13)6-3-9-10-4-6/h3-4H,2,5H2,1H3,(H2,8,14)(H,9,10). The summed E-state index contributed by atoms with van der Waals surface area (Å²) in [5.41, 5.74) is 5.32. The Morgan fingerprint density at radius 2 is 2.40 bits per heavy atom. The monoisotopic (exact) mass is 248 g/mol. The van der Waals surface area contributed by atoms with Crippen molar-refractivity contribution in [2.45, 2.75) is 11.8 Å². The molecule has 1 aromatic rings. The molecular formula is C7H12N4O2S2. The minimum absolute atomic E-state index is 0.0410. The van der Waals surface area contributed by atoms with Gasteiger partial charge in [-0.25, -0.2) is 8.42 Å². The lowest BCUT2D eigenvalue weighted by atomic mass is 10.6. The Morgan fingerprint density at radius 3 is 2.80 bits per heavy atom. The van der Waals surface area contributed by atoms with Crippen LogP contribution in [-0.2, 0) is 10.0 Å². The highest BCUT2D eigenvalue weighted by molar-refractivity contribution is 7.89. The summed E-state index contributed by atoms with van der Waals surface area (Å²) >= 11 is 4.68. The van der Waals surface area contributed by atoms with E-state index in [2.05, 4.69) is 22.4 Å². The van der Waals surface area contributed by atoms with Gasteiger partial charge in [0, 0.05) is 12.7 Å². The zero-order valence-corrected chi connectivity index (χ0v) is 9.81. The molecule has 1 heterocycles. The summed E-state index contributed by atoms with van der Waals surface area (Å²) < 4.78 is 25.0. The SMILES string of the molecule is CCN(CC(N)=S)S(=O)(=O)c1cn[nH]c1. The van der Waals surface area contributed by atoms with E-state index in [9.17, 15) is 8.42 Å². The summed E-state index contributed by atoms with van der Waals surface area (Å²) in [7, 11) is -3.53.